The standard InChI is InChI=1S/C15H17N3O3S/c1-4-21-13(19)12-11(10-8-6-5-7-9-10)16-14(17-12)22-15(20)18(2)3/h5-9H,4H2,1-3H3,(H,16,17). The van der Waals surface area contributed by atoms with E-state index in [4.69, 9.17) is 4.74 Å². The first kappa shape index (κ1) is 16.1. The number of hydrogen-bond donors (Lipinski definition) is 1. The molecule has 6 nitrogen and oxygen atoms in total. The lowest BCUT2D eigenvalue weighted by Crippen LogP contribution is -2.16. The fourth-order valence-electron chi connectivity index (χ4n) is 1.73. The maximum absolute atomic E-state index is 12.1. The van der Waals surface area contributed by atoms with Crippen molar-refractivity contribution in [2.45, 2.75) is 12.1 Å². The Balaban J connectivity index is 2.39. The predicted molar refractivity (Wildman–Crippen MR) is 84.9 cm³/mol. The van der Waals surface area contributed by atoms with E-state index in [0.29, 0.717) is 10.9 Å². The molecule has 0 spiro atoms. The molecule has 2 aromatic rings. The molecule has 0 fully saturated rings. The van der Waals surface area contributed by atoms with Crippen molar-refractivity contribution in [1.82, 2.24) is 14.9 Å². The van der Waals surface area contributed by atoms with Crippen LogP contribution in [0.15, 0.2) is 35.5 Å². The normalized spacial score (nSPS) is 10.3. The van der Waals surface area contributed by atoms with E-state index >= 15 is 0 Å². The third-order valence-electron chi connectivity index (χ3n) is 2.76. The average Bonchev–Trinajstić information content (AvgIpc) is 2.92. The maximum atomic E-state index is 12.1. The van der Waals surface area contributed by atoms with E-state index in [1.807, 2.05) is 30.3 Å². The largest absolute Gasteiger partial charge is 0.461 e. The first-order chi connectivity index (χ1) is 10.5. The van der Waals surface area contributed by atoms with Crippen molar-refractivity contribution in [3.8, 4) is 11.3 Å². The van der Waals surface area contributed by atoms with E-state index in [-0.39, 0.29) is 17.5 Å². The third kappa shape index (κ3) is 3.67. The molecule has 0 radical (unpaired) electrons. The lowest BCUT2D eigenvalue weighted by Gasteiger charge is -2.06. The van der Waals surface area contributed by atoms with Crippen molar-refractivity contribution in [3.63, 3.8) is 0 Å². The van der Waals surface area contributed by atoms with E-state index in [2.05, 4.69) is 9.97 Å². The zero-order valence-electron chi connectivity index (χ0n) is 12.6. The number of ether oxygens (including phenoxy) is 1. The van der Waals surface area contributed by atoms with Gasteiger partial charge in [-0.25, -0.2) is 9.78 Å². The fraction of sp³-hybridized carbons (Fsp3) is 0.267. The van der Waals surface area contributed by atoms with Crippen LogP contribution < -0.4 is 0 Å². The van der Waals surface area contributed by atoms with Crippen LogP contribution in [0.5, 0.6) is 0 Å². The number of rotatable bonds is 4. The summed E-state index contributed by atoms with van der Waals surface area (Å²) in [6.07, 6.45) is 0. The van der Waals surface area contributed by atoms with Gasteiger partial charge in [0.05, 0.1) is 6.61 Å². The van der Waals surface area contributed by atoms with Crippen molar-refractivity contribution in [2.75, 3.05) is 20.7 Å². The molecule has 0 atom stereocenters. The summed E-state index contributed by atoms with van der Waals surface area (Å²) in [5, 5.41) is 0.185. The molecule has 0 aliphatic carbocycles. The number of aromatic nitrogens is 2. The zero-order valence-corrected chi connectivity index (χ0v) is 13.4. The number of esters is 1. The number of hydrogen-bond acceptors (Lipinski definition) is 5. The molecule has 1 heterocycles. The van der Waals surface area contributed by atoms with Gasteiger partial charge in [0.1, 0.15) is 5.69 Å². The first-order valence-corrected chi connectivity index (χ1v) is 7.56. The van der Waals surface area contributed by atoms with Crippen molar-refractivity contribution in [1.29, 1.82) is 0 Å². The van der Waals surface area contributed by atoms with Gasteiger partial charge in [-0.15, -0.1) is 0 Å². The number of amides is 1. The van der Waals surface area contributed by atoms with Gasteiger partial charge in [-0.1, -0.05) is 30.3 Å². The van der Waals surface area contributed by atoms with E-state index in [1.54, 1.807) is 21.0 Å². The number of thioether (sulfide) groups is 1. The Hall–Kier alpha value is -2.28. The van der Waals surface area contributed by atoms with Crippen LogP contribution in [0.4, 0.5) is 4.79 Å². The van der Waals surface area contributed by atoms with Gasteiger partial charge >= 0.3 is 5.97 Å². The van der Waals surface area contributed by atoms with Crippen LogP contribution in [0.3, 0.4) is 0 Å². The molecule has 1 amide bonds. The molecule has 116 valence electrons. The Morgan fingerprint density at radius 1 is 1.27 bits per heavy atom. The smallest absolute Gasteiger partial charge is 0.357 e. The zero-order chi connectivity index (χ0) is 16.1. The third-order valence-corrected chi connectivity index (χ3v) is 3.68. The quantitative estimate of drug-likeness (QED) is 0.692. The van der Waals surface area contributed by atoms with Gasteiger partial charge in [0.25, 0.3) is 5.24 Å². The molecule has 1 aromatic heterocycles. The highest BCUT2D eigenvalue weighted by atomic mass is 32.2. The van der Waals surface area contributed by atoms with Crippen molar-refractivity contribution < 1.29 is 14.3 Å². The molecule has 0 unspecified atom stereocenters. The summed E-state index contributed by atoms with van der Waals surface area (Å²) in [5.41, 5.74) is 1.51. The predicted octanol–water partition coefficient (Wildman–Crippen LogP) is 3.03. The monoisotopic (exact) mass is 319 g/mol. The number of imidazole rings is 1. The Bertz CT molecular complexity index is 668. The second-order valence-corrected chi connectivity index (χ2v) is 5.55. The van der Waals surface area contributed by atoms with Crippen LogP contribution in [0.2, 0.25) is 0 Å². The summed E-state index contributed by atoms with van der Waals surface area (Å²) >= 11 is 0.929. The molecular weight excluding hydrogens is 302 g/mol. The summed E-state index contributed by atoms with van der Waals surface area (Å²) in [4.78, 5) is 32.5. The second kappa shape index (κ2) is 7.13. The number of carbonyl (C=O) groups excluding carboxylic acids is 2. The maximum Gasteiger partial charge on any atom is 0.357 e. The Morgan fingerprint density at radius 2 is 1.95 bits per heavy atom. The summed E-state index contributed by atoms with van der Waals surface area (Å²) in [5.74, 6) is -0.488. The number of nitrogens with zero attached hydrogens (tertiary/aromatic N) is 2. The van der Waals surface area contributed by atoms with Crippen LogP contribution in [-0.4, -0.2) is 46.8 Å². The van der Waals surface area contributed by atoms with Crippen LogP contribution in [0, 0.1) is 0 Å². The molecule has 0 aliphatic heterocycles. The molecule has 1 N–H and O–H groups in total. The highest BCUT2D eigenvalue weighted by Crippen LogP contribution is 2.27. The Morgan fingerprint density at radius 3 is 2.55 bits per heavy atom. The fourth-order valence-corrected chi connectivity index (χ4v) is 2.37. The highest BCUT2D eigenvalue weighted by Gasteiger charge is 2.21. The number of nitrogens with one attached hydrogen (secondary N) is 1. The summed E-state index contributed by atoms with van der Waals surface area (Å²) in [6, 6.07) is 9.29. The van der Waals surface area contributed by atoms with Crippen LogP contribution in [-0.2, 0) is 4.74 Å². The average molecular weight is 319 g/mol. The van der Waals surface area contributed by atoms with Gasteiger partial charge in [0, 0.05) is 31.4 Å². The van der Waals surface area contributed by atoms with E-state index in [0.717, 1.165) is 17.3 Å². The number of carbonyl (C=O) groups is 2. The van der Waals surface area contributed by atoms with Crippen LogP contribution >= 0.6 is 11.8 Å². The topological polar surface area (TPSA) is 75.3 Å². The number of aromatic amines is 1. The van der Waals surface area contributed by atoms with E-state index < -0.39 is 5.97 Å². The van der Waals surface area contributed by atoms with Gasteiger partial charge in [-0.2, -0.15) is 0 Å². The second-order valence-electron chi connectivity index (χ2n) is 4.61. The van der Waals surface area contributed by atoms with Gasteiger partial charge < -0.3 is 14.6 Å². The van der Waals surface area contributed by atoms with Gasteiger partial charge in [-0.05, 0) is 6.92 Å². The van der Waals surface area contributed by atoms with Gasteiger partial charge in [0.15, 0.2) is 10.9 Å². The minimum Gasteiger partial charge on any atom is -0.461 e. The van der Waals surface area contributed by atoms with Crippen LogP contribution in [0.1, 0.15) is 17.4 Å². The molecule has 0 bridgehead atoms. The lowest BCUT2D eigenvalue weighted by molar-refractivity contribution is 0.0520. The molecule has 22 heavy (non-hydrogen) atoms. The molecule has 2 rings (SSSR count). The number of benzene rings is 1. The molecular formula is C15H17N3O3S. The Labute approximate surface area is 132 Å². The minimum atomic E-state index is -0.488. The molecule has 7 heteroatoms. The van der Waals surface area contributed by atoms with E-state index in [9.17, 15) is 9.59 Å². The lowest BCUT2D eigenvalue weighted by atomic mass is 10.1. The minimum absolute atomic E-state index is 0.177. The summed E-state index contributed by atoms with van der Waals surface area (Å²) < 4.78 is 5.04. The molecule has 1 aromatic carbocycles. The number of H-pyrrole nitrogens is 1. The molecule has 0 saturated heterocycles. The van der Waals surface area contributed by atoms with E-state index in [1.165, 1.54) is 4.90 Å². The van der Waals surface area contributed by atoms with Crippen molar-refractivity contribution in [3.05, 3.63) is 36.0 Å². The molecule has 0 saturated carbocycles. The highest BCUT2D eigenvalue weighted by molar-refractivity contribution is 8.13. The van der Waals surface area contributed by atoms with Gasteiger partial charge in [-0.3, -0.25) is 4.79 Å². The van der Waals surface area contributed by atoms with Crippen molar-refractivity contribution in [2.24, 2.45) is 0 Å². The van der Waals surface area contributed by atoms with Crippen LogP contribution in [0.25, 0.3) is 11.3 Å². The molecule has 0 aliphatic rings. The van der Waals surface area contributed by atoms with Crippen molar-refractivity contribution >= 4 is 23.0 Å². The van der Waals surface area contributed by atoms with Gasteiger partial charge in [0.2, 0.25) is 0 Å². The first-order valence-electron chi connectivity index (χ1n) is 6.74. The SMILES string of the molecule is CCOC(=O)c1[nH]c(SC(=O)N(C)C)nc1-c1ccccc1. The summed E-state index contributed by atoms with van der Waals surface area (Å²) in [6.45, 7) is 2.01. The Kier molecular flexibility index (Phi) is 5.21. The summed E-state index contributed by atoms with van der Waals surface area (Å²) in [7, 11) is 3.31.